The van der Waals surface area contributed by atoms with Crippen molar-refractivity contribution in [3.8, 4) is 0 Å². The molecule has 0 aromatic heterocycles. The highest BCUT2D eigenvalue weighted by atomic mass is 16.4. The molecule has 0 saturated heterocycles. The van der Waals surface area contributed by atoms with Crippen molar-refractivity contribution >= 4 is 11.9 Å². The lowest BCUT2D eigenvalue weighted by molar-refractivity contribution is -0.140. The van der Waals surface area contributed by atoms with E-state index in [2.05, 4.69) is 34.6 Å². The molecule has 4 heteroatoms. The number of unbranched alkanes of at least 4 members (excludes halogenated alkanes) is 2. The molecule has 0 aliphatic heterocycles. The number of aryl methyl sites for hydroxylation is 1. The molecule has 0 spiro atoms. The fourth-order valence-electron chi connectivity index (χ4n) is 4.26. The minimum absolute atomic E-state index is 0.525. The second kappa shape index (κ2) is 14.3. The first-order valence-electron chi connectivity index (χ1n) is 12.3. The van der Waals surface area contributed by atoms with Crippen molar-refractivity contribution in [1.82, 2.24) is 0 Å². The molecular weight excluding hydrogens is 388 g/mol. The first kappa shape index (κ1) is 27.2. The van der Waals surface area contributed by atoms with Crippen molar-refractivity contribution < 1.29 is 19.8 Å². The quantitative estimate of drug-likeness (QED) is 0.267. The van der Waals surface area contributed by atoms with Gasteiger partial charge in [-0.3, -0.25) is 9.59 Å². The Kier molecular flexibility index (Phi) is 12.5. The van der Waals surface area contributed by atoms with Gasteiger partial charge in [0.25, 0.3) is 0 Å². The lowest BCUT2D eigenvalue weighted by Gasteiger charge is -2.23. The molecule has 2 N–H and O–H groups in total. The standard InChI is InChI=1S/C27H44O4/c1-6-7-8-13-21-16-17-22(23(26(28)29)14-9-11-19(2)3)25(18-21)24(27(30)31)15-10-12-20(4)5/h16-20,23-24H,6-15H2,1-5H3,(H,28,29)(H,30,31). The van der Waals surface area contributed by atoms with Crippen LogP contribution < -0.4 is 0 Å². The zero-order valence-corrected chi connectivity index (χ0v) is 20.3. The highest BCUT2D eigenvalue weighted by Crippen LogP contribution is 2.35. The summed E-state index contributed by atoms with van der Waals surface area (Å²) in [5, 5.41) is 20.0. The van der Waals surface area contributed by atoms with E-state index in [0.717, 1.165) is 62.5 Å². The SMILES string of the molecule is CCCCCc1ccc(C(CCCC(C)C)C(=O)O)c(C(CCCC(C)C)C(=O)O)c1. The molecule has 0 fully saturated rings. The van der Waals surface area contributed by atoms with Gasteiger partial charge in [-0.15, -0.1) is 0 Å². The Bertz CT molecular complexity index is 678. The lowest BCUT2D eigenvalue weighted by Crippen LogP contribution is -2.19. The van der Waals surface area contributed by atoms with Crippen LogP contribution in [-0.4, -0.2) is 22.2 Å². The Hall–Kier alpha value is -1.84. The summed E-state index contributed by atoms with van der Waals surface area (Å²) < 4.78 is 0. The summed E-state index contributed by atoms with van der Waals surface area (Å²) in [6.07, 6.45) is 8.97. The summed E-state index contributed by atoms with van der Waals surface area (Å²) in [5.74, 6) is -1.94. The van der Waals surface area contributed by atoms with Crippen LogP contribution in [-0.2, 0) is 16.0 Å². The van der Waals surface area contributed by atoms with E-state index in [1.54, 1.807) is 0 Å². The van der Waals surface area contributed by atoms with Crippen LogP contribution in [0.2, 0.25) is 0 Å². The van der Waals surface area contributed by atoms with Crippen molar-refractivity contribution in [3.05, 3.63) is 34.9 Å². The Morgan fingerprint density at radius 3 is 1.71 bits per heavy atom. The number of carbonyl (C=O) groups is 2. The molecule has 176 valence electrons. The van der Waals surface area contributed by atoms with Crippen LogP contribution >= 0.6 is 0 Å². The Balaban J connectivity index is 3.28. The van der Waals surface area contributed by atoms with E-state index in [9.17, 15) is 19.8 Å². The third-order valence-electron chi connectivity index (χ3n) is 6.12. The van der Waals surface area contributed by atoms with E-state index in [-0.39, 0.29) is 0 Å². The third-order valence-corrected chi connectivity index (χ3v) is 6.12. The average Bonchev–Trinajstić information content (AvgIpc) is 2.68. The maximum atomic E-state index is 12.2. The largest absolute Gasteiger partial charge is 0.481 e. The molecule has 2 unspecified atom stereocenters. The summed E-state index contributed by atoms with van der Waals surface area (Å²) in [5.41, 5.74) is 2.54. The normalized spacial score (nSPS) is 13.5. The fourth-order valence-corrected chi connectivity index (χ4v) is 4.26. The van der Waals surface area contributed by atoms with Gasteiger partial charge in [-0.25, -0.2) is 0 Å². The monoisotopic (exact) mass is 432 g/mol. The predicted octanol–water partition coefficient (Wildman–Crippen LogP) is 7.41. The second-order valence-electron chi connectivity index (χ2n) is 9.85. The Morgan fingerprint density at radius 1 is 0.742 bits per heavy atom. The van der Waals surface area contributed by atoms with Gasteiger partial charge >= 0.3 is 11.9 Å². The number of benzene rings is 1. The molecule has 0 amide bonds. The molecule has 31 heavy (non-hydrogen) atoms. The van der Waals surface area contributed by atoms with Gasteiger partial charge in [0, 0.05) is 0 Å². The number of carboxylic acid groups (broad SMARTS) is 2. The van der Waals surface area contributed by atoms with E-state index in [0.29, 0.717) is 30.2 Å². The van der Waals surface area contributed by atoms with E-state index < -0.39 is 23.8 Å². The van der Waals surface area contributed by atoms with Gasteiger partial charge in [0.15, 0.2) is 0 Å². The molecule has 0 saturated carbocycles. The minimum atomic E-state index is -0.852. The van der Waals surface area contributed by atoms with Crippen molar-refractivity contribution in [2.75, 3.05) is 0 Å². The van der Waals surface area contributed by atoms with Gasteiger partial charge in [-0.05, 0) is 54.2 Å². The van der Waals surface area contributed by atoms with E-state index in [1.807, 2.05) is 18.2 Å². The first-order chi connectivity index (χ1) is 14.7. The fraction of sp³-hybridized carbons (Fsp3) is 0.704. The molecule has 4 nitrogen and oxygen atoms in total. The van der Waals surface area contributed by atoms with Crippen LogP contribution in [0.4, 0.5) is 0 Å². The van der Waals surface area contributed by atoms with Gasteiger partial charge in [0.05, 0.1) is 11.8 Å². The molecule has 0 heterocycles. The predicted molar refractivity (Wildman–Crippen MR) is 128 cm³/mol. The van der Waals surface area contributed by atoms with Crippen molar-refractivity contribution in [1.29, 1.82) is 0 Å². The van der Waals surface area contributed by atoms with Crippen LogP contribution in [0, 0.1) is 11.8 Å². The van der Waals surface area contributed by atoms with Gasteiger partial charge in [-0.2, -0.15) is 0 Å². The number of hydrogen-bond acceptors (Lipinski definition) is 2. The summed E-state index contributed by atoms with van der Waals surface area (Å²) >= 11 is 0. The van der Waals surface area contributed by atoms with Gasteiger partial charge in [0.2, 0.25) is 0 Å². The molecule has 1 aromatic carbocycles. The minimum Gasteiger partial charge on any atom is -0.481 e. The van der Waals surface area contributed by atoms with Crippen LogP contribution in [0.5, 0.6) is 0 Å². The summed E-state index contributed by atoms with van der Waals surface area (Å²) in [4.78, 5) is 24.4. The van der Waals surface area contributed by atoms with Gasteiger partial charge in [-0.1, -0.05) is 91.3 Å². The summed E-state index contributed by atoms with van der Waals surface area (Å²) in [7, 11) is 0. The second-order valence-corrected chi connectivity index (χ2v) is 9.85. The Morgan fingerprint density at radius 2 is 1.26 bits per heavy atom. The van der Waals surface area contributed by atoms with Crippen LogP contribution in [0.1, 0.15) is 121 Å². The highest BCUT2D eigenvalue weighted by Gasteiger charge is 2.29. The number of aliphatic carboxylic acids is 2. The van der Waals surface area contributed by atoms with E-state index in [1.165, 1.54) is 0 Å². The zero-order chi connectivity index (χ0) is 23.4. The van der Waals surface area contributed by atoms with Gasteiger partial charge < -0.3 is 10.2 Å². The molecule has 1 aromatic rings. The first-order valence-corrected chi connectivity index (χ1v) is 12.3. The van der Waals surface area contributed by atoms with Crippen LogP contribution in [0.3, 0.4) is 0 Å². The molecular formula is C27H44O4. The molecule has 0 aliphatic carbocycles. The number of hydrogen-bond donors (Lipinski definition) is 2. The average molecular weight is 433 g/mol. The Labute approximate surface area is 189 Å². The lowest BCUT2D eigenvalue weighted by atomic mass is 9.81. The van der Waals surface area contributed by atoms with Gasteiger partial charge in [0.1, 0.15) is 0 Å². The maximum Gasteiger partial charge on any atom is 0.310 e. The summed E-state index contributed by atoms with van der Waals surface area (Å²) in [6, 6.07) is 5.92. The van der Waals surface area contributed by atoms with Crippen molar-refractivity contribution in [2.24, 2.45) is 11.8 Å². The number of rotatable bonds is 16. The molecule has 1 rings (SSSR count). The smallest absolute Gasteiger partial charge is 0.310 e. The highest BCUT2D eigenvalue weighted by molar-refractivity contribution is 5.80. The van der Waals surface area contributed by atoms with Crippen LogP contribution in [0.15, 0.2) is 18.2 Å². The van der Waals surface area contributed by atoms with E-state index in [4.69, 9.17) is 0 Å². The molecule has 0 bridgehead atoms. The summed E-state index contributed by atoms with van der Waals surface area (Å²) in [6.45, 7) is 10.7. The van der Waals surface area contributed by atoms with Crippen molar-refractivity contribution in [2.45, 2.75) is 111 Å². The van der Waals surface area contributed by atoms with Crippen molar-refractivity contribution in [3.63, 3.8) is 0 Å². The number of carboxylic acids is 2. The molecule has 0 aliphatic rings. The van der Waals surface area contributed by atoms with Crippen LogP contribution in [0.25, 0.3) is 0 Å². The van der Waals surface area contributed by atoms with E-state index >= 15 is 0 Å². The topological polar surface area (TPSA) is 74.6 Å². The maximum absolute atomic E-state index is 12.2. The molecule has 2 atom stereocenters. The third kappa shape index (κ3) is 9.88. The molecule has 0 radical (unpaired) electrons. The zero-order valence-electron chi connectivity index (χ0n) is 20.3.